The highest BCUT2D eigenvalue weighted by Gasteiger charge is 2.19. The lowest BCUT2D eigenvalue weighted by atomic mass is 10.1. The molecular formula is C54H96O6. The number of hydrogen-bond donors (Lipinski definition) is 0. The standard InChI is InChI=1S/C54H96O6/c1-4-7-10-13-16-19-22-24-25-26-27-28-29-31-32-35-38-41-44-47-53(56)59-50-51(49-58-52(55)46-43-40-37-34-21-18-15-12-9-6-3)60-54(57)48-45-42-39-36-33-30-23-20-17-14-11-8-5-2/h16,19-20,23-25,27-28,51H,4-15,17-18,21-22,26,29-50H2,1-3H3/b19-16-,23-20-,25-24-,28-27-. The van der Waals surface area contributed by atoms with Crippen LogP contribution in [0.1, 0.15) is 258 Å². The van der Waals surface area contributed by atoms with Gasteiger partial charge in [-0.2, -0.15) is 0 Å². The van der Waals surface area contributed by atoms with Gasteiger partial charge in [0.15, 0.2) is 6.10 Å². The highest BCUT2D eigenvalue weighted by Crippen LogP contribution is 2.14. The van der Waals surface area contributed by atoms with E-state index in [-0.39, 0.29) is 31.1 Å². The zero-order chi connectivity index (χ0) is 43.7. The van der Waals surface area contributed by atoms with E-state index in [2.05, 4.69) is 69.4 Å². The molecule has 6 heteroatoms. The smallest absolute Gasteiger partial charge is 0.306 e. The van der Waals surface area contributed by atoms with Gasteiger partial charge in [-0.25, -0.2) is 0 Å². The Hall–Kier alpha value is -2.63. The van der Waals surface area contributed by atoms with Crippen LogP contribution in [0.3, 0.4) is 0 Å². The number of esters is 3. The maximum Gasteiger partial charge on any atom is 0.306 e. The summed E-state index contributed by atoms with van der Waals surface area (Å²) < 4.78 is 16.8. The molecule has 1 unspecified atom stereocenters. The zero-order valence-electron chi connectivity index (χ0n) is 39.7. The second kappa shape index (κ2) is 49.0. The topological polar surface area (TPSA) is 78.9 Å². The van der Waals surface area contributed by atoms with Crippen LogP contribution in [0.5, 0.6) is 0 Å². The molecule has 0 fully saturated rings. The van der Waals surface area contributed by atoms with Crippen molar-refractivity contribution in [1.29, 1.82) is 0 Å². The van der Waals surface area contributed by atoms with Gasteiger partial charge in [-0.05, 0) is 83.5 Å². The average Bonchev–Trinajstić information content (AvgIpc) is 3.24. The summed E-state index contributed by atoms with van der Waals surface area (Å²) >= 11 is 0. The van der Waals surface area contributed by atoms with E-state index in [0.29, 0.717) is 19.3 Å². The van der Waals surface area contributed by atoms with Gasteiger partial charge in [-0.3, -0.25) is 14.4 Å². The Bertz CT molecular complexity index is 1060. The molecule has 0 N–H and O–H groups in total. The fraction of sp³-hybridized carbons (Fsp3) is 0.796. The zero-order valence-corrected chi connectivity index (χ0v) is 39.7. The van der Waals surface area contributed by atoms with E-state index in [1.54, 1.807) is 0 Å². The first-order valence-electron chi connectivity index (χ1n) is 25.6. The van der Waals surface area contributed by atoms with Crippen molar-refractivity contribution in [3.8, 4) is 0 Å². The van der Waals surface area contributed by atoms with Crippen LogP contribution in [0.25, 0.3) is 0 Å². The van der Waals surface area contributed by atoms with E-state index in [0.717, 1.165) is 89.9 Å². The Morgan fingerprint density at radius 1 is 0.333 bits per heavy atom. The quantitative estimate of drug-likeness (QED) is 0.0263. The lowest BCUT2D eigenvalue weighted by molar-refractivity contribution is -0.167. The molecule has 1 atom stereocenters. The Labute approximate surface area is 371 Å². The molecule has 0 aliphatic rings. The number of carbonyl (C=O) groups excluding carboxylic acids is 3. The summed E-state index contributed by atoms with van der Waals surface area (Å²) in [7, 11) is 0. The lowest BCUT2D eigenvalue weighted by Gasteiger charge is -2.18. The third kappa shape index (κ3) is 46.4. The molecule has 60 heavy (non-hydrogen) atoms. The van der Waals surface area contributed by atoms with E-state index in [1.807, 2.05) is 0 Å². The lowest BCUT2D eigenvalue weighted by Crippen LogP contribution is -2.30. The van der Waals surface area contributed by atoms with Gasteiger partial charge in [0, 0.05) is 19.3 Å². The van der Waals surface area contributed by atoms with Crippen LogP contribution < -0.4 is 0 Å². The van der Waals surface area contributed by atoms with Crippen molar-refractivity contribution in [2.45, 2.75) is 264 Å². The maximum atomic E-state index is 12.8. The van der Waals surface area contributed by atoms with Gasteiger partial charge in [0.1, 0.15) is 13.2 Å². The Balaban J connectivity index is 4.35. The van der Waals surface area contributed by atoms with Gasteiger partial charge in [-0.1, -0.05) is 204 Å². The van der Waals surface area contributed by atoms with E-state index >= 15 is 0 Å². The van der Waals surface area contributed by atoms with E-state index in [4.69, 9.17) is 14.2 Å². The van der Waals surface area contributed by atoms with E-state index in [9.17, 15) is 14.4 Å². The number of hydrogen-bond acceptors (Lipinski definition) is 6. The van der Waals surface area contributed by atoms with Crippen LogP contribution in [0.2, 0.25) is 0 Å². The first-order valence-corrected chi connectivity index (χ1v) is 25.6. The molecule has 0 spiro atoms. The highest BCUT2D eigenvalue weighted by molar-refractivity contribution is 5.71. The van der Waals surface area contributed by atoms with Gasteiger partial charge < -0.3 is 14.2 Å². The summed E-state index contributed by atoms with van der Waals surface area (Å²) in [5, 5.41) is 0. The van der Waals surface area contributed by atoms with Crippen molar-refractivity contribution >= 4 is 17.9 Å². The molecule has 0 rings (SSSR count). The van der Waals surface area contributed by atoms with Gasteiger partial charge in [0.25, 0.3) is 0 Å². The summed E-state index contributed by atoms with van der Waals surface area (Å²) in [6.45, 7) is 6.57. The number of carbonyl (C=O) groups is 3. The molecule has 0 bridgehead atoms. The summed E-state index contributed by atoms with van der Waals surface area (Å²) in [6, 6.07) is 0. The molecule has 0 radical (unpaired) electrons. The van der Waals surface area contributed by atoms with E-state index in [1.165, 1.54) is 128 Å². The van der Waals surface area contributed by atoms with Crippen LogP contribution >= 0.6 is 0 Å². The molecule has 0 aromatic rings. The van der Waals surface area contributed by atoms with Gasteiger partial charge >= 0.3 is 17.9 Å². The average molecular weight is 841 g/mol. The molecule has 0 aliphatic heterocycles. The number of rotatable bonds is 46. The molecule has 0 heterocycles. The van der Waals surface area contributed by atoms with Crippen molar-refractivity contribution in [3.05, 3.63) is 48.6 Å². The minimum Gasteiger partial charge on any atom is -0.462 e. The SMILES string of the molecule is CCCCC/C=C\C/C=C\C/C=C\CCCCCCCCC(=O)OCC(COC(=O)CCCCCCCCCCCC)OC(=O)CCCCCCC/C=C\CCCCCC. The van der Waals surface area contributed by atoms with Crippen LogP contribution in [0, 0.1) is 0 Å². The summed E-state index contributed by atoms with van der Waals surface area (Å²) in [5.41, 5.74) is 0. The van der Waals surface area contributed by atoms with Crippen LogP contribution in [-0.4, -0.2) is 37.2 Å². The molecule has 0 aliphatic carbocycles. The Kier molecular flexibility index (Phi) is 46.9. The second-order valence-corrected chi connectivity index (χ2v) is 17.1. The maximum absolute atomic E-state index is 12.8. The molecular weight excluding hydrogens is 745 g/mol. The van der Waals surface area contributed by atoms with Gasteiger partial charge in [0.2, 0.25) is 0 Å². The third-order valence-electron chi connectivity index (χ3n) is 11.1. The first kappa shape index (κ1) is 57.4. The normalized spacial score (nSPS) is 12.4. The van der Waals surface area contributed by atoms with Crippen molar-refractivity contribution in [2.75, 3.05) is 13.2 Å². The molecule has 0 aromatic carbocycles. The second-order valence-electron chi connectivity index (χ2n) is 17.1. The largest absolute Gasteiger partial charge is 0.462 e. The Morgan fingerprint density at radius 3 is 1.00 bits per heavy atom. The van der Waals surface area contributed by atoms with Crippen molar-refractivity contribution in [2.24, 2.45) is 0 Å². The van der Waals surface area contributed by atoms with Crippen molar-refractivity contribution in [3.63, 3.8) is 0 Å². The van der Waals surface area contributed by atoms with Crippen LogP contribution in [-0.2, 0) is 28.6 Å². The van der Waals surface area contributed by atoms with E-state index < -0.39 is 6.10 Å². The van der Waals surface area contributed by atoms with Gasteiger partial charge in [0.05, 0.1) is 0 Å². The molecule has 0 aromatic heterocycles. The minimum atomic E-state index is -0.779. The predicted octanol–water partition coefficient (Wildman–Crippen LogP) is 16.7. The van der Waals surface area contributed by atoms with Crippen molar-refractivity contribution in [1.82, 2.24) is 0 Å². The molecule has 0 saturated heterocycles. The third-order valence-corrected chi connectivity index (χ3v) is 11.1. The Morgan fingerprint density at radius 2 is 0.600 bits per heavy atom. The number of ether oxygens (including phenoxy) is 3. The molecule has 0 amide bonds. The van der Waals surface area contributed by atoms with Gasteiger partial charge in [-0.15, -0.1) is 0 Å². The fourth-order valence-electron chi connectivity index (χ4n) is 7.15. The number of unbranched alkanes of at least 4 members (excludes halogenated alkanes) is 27. The van der Waals surface area contributed by atoms with Crippen LogP contribution in [0.4, 0.5) is 0 Å². The first-order chi connectivity index (χ1) is 29.5. The summed E-state index contributed by atoms with van der Waals surface area (Å²) in [4.78, 5) is 37.9. The van der Waals surface area contributed by atoms with Crippen molar-refractivity contribution < 1.29 is 28.6 Å². The summed E-state index contributed by atoms with van der Waals surface area (Å²) in [5.74, 6) is -0.897. The molecule has 348 valence electrons. The molecule has 6 nitrogen and oxygen atoms in total. The molecule has 0 saturated carbocycles. The minimum absolute atomic E-state index is 0.0789. The predicted molar refractivity (Wildman–Crippen MR) is 256 cm³/mol. The monoisotopic (exact) mass is 841 g/mol. The highest BCUT2D eigenvalue weighted by atomic mass is 16.6. The summed E-state index contributed by atoms with van der Waals surface area (Å²) in [6.07, 6.45) is 58.0. The number of allylic oxidation sites excluding steroid dienone is 8. The fourth-order valence-corrected chi connectivity index (χ4v) is 7.15. The van der Waals surface area contributed by atoms with Crippen LogP contribution in [0.15, 0.2) is 48.6 Å².